The lowest BCUT2D eigenvalue weighted by molar-refractivity contribution is -0.384. The van der Waals surface area contributed by atoms with Crippen LogP contribution >= 0.6 is 35.6 Å². The van der Waals surface area contributed by atoms with Gasteiger partial charge in [0.05, 0.1) is 14.9 Å². The van der Waals surface area contributed by atoms with Crippen molar-refractivity contribution in [2.75, 3.05) is 6.54 Å². The van der Waals surface area contributed by atoms with Crippen LogP contribution < -0.4 is 0 Å². The van der Waals surface area contributed by atoms with Crippen LogP contribution in [0.5, 0.6) is 0 Å². The van der Waals surface area contributed by atoms with Crippen LogP contribution in [0.2, 0.25) is 5.02 Å². The summed E-state index contributed by atoms with van der Waals surface area (Å²) in [6.07, 6.45) is 1.43. The topological polar surface area (TPSA) is 114 Å². The Balaban J connectivity index is 1.89. The highest BCUT2D eigenvalue weighted by Crippen LogP contribution is 2.35. The Bertz CT molecular complexity index is 1020. The average Bonchev–Trinajstić information content (AvgIpc) is 3.15. The van der Waals surface area contributed by atoms with Gasteiger partial charge in [-0.1, -0.05) is 35.6 Å². The number of thioether (sulfide) groups is 1. The molecule has 1 aliphatic rings. The highest BCUT2D eigenvalue weighted by molar-refractivity contribution is 8.26. The zero-order chi connectivity index (χ0) is 19.7. The number of aliphatic carboxylic acids is 1. The molecule has 0 unspecified atom stereocenters. The molecule has 1 N–H and O–H groups in total. The van der Waals surface area contributed by atoms with Crippen molar-refractivity contribution in [3.8, 4) is 11.3 Å². The van der Waals surface area contributed by atoms with E-state index in [1.165, 1.54) is 24.3 Å². The minimum absolute atomic E-state index is 0.137. The maximum absolute atomic E-state index is 12.3. The van der Waals surface area contributed by atoms with Crippen molar-refractivity contribution in [3.63, 3.8) is 0 Å². The monoisotopic (exact) mass is 424 g/mol. The van der Waals surface area contributed by atoms with Crippen molar-refractivity contribution in [1.82, 2.24) is 4.90 Å². The van der Waals surface area contributed by atoms with Crippen LogP contribution in [0.25, 0.3) is 17.4 Å². The molecule has 1 aliphatic heterocycles. The average molecular weight is 425 g/mol. The van der Waals surface area contributed by atoms with E-state index in [0.29, 0.717) is 11.3 Å². The number of amides is 1. The van der Waals surface area contributed by atoms with Gasteiger partial charge in [-0.05, 0) is 18.2 Å². The lowest BCUT2D eigenvalue weighted by Gasteiger charge is -2.09. The number of nitro benzene ring substituents is 1. The lowest BCUT2D eigenvalue weighted by Crippen LogP contribution is -2.33. The number of non-ortho nitro benzene ring substituents is 1. The Labute approximate surface area is 166 Å². The molecule has 0 spiro atoms. The van der Waals surface area contributed by atoms with E-state index >= 15 is 0 Å². The Morgan fingerprint density at radius 3 is 2.81 bits per heavy atom. The molecule has 1 aromatic carbocycles. The molecular weight excluding hydrogens is 416 g/mol. The molecule has 1 saturated heterocycles. The molecule has 0 bridgehead atoms. The van der Waals surface area contributed by atoms with Gasteiger partial charge < -0.3 is 9.52 Å². The van der Waals surface area contributed by atoms with E-state index in [2.05, 4.69) is 0 Å². The van der Waals surface area contributed by atoms with E-state index in [9.17, 15) is 19.7 Å². The summed E-state index contributed by atoms with van der Waals surface area (Å²) in [5.74, 6) is -1.12. The van der Waals surface area contributed by atoms with E-state index in [1.807, 2.05) is 0 Å². The molecule has 138 valence electrons. The van der Waals surface area contributed by atoms with Gasteiger partial charge in [-0.25, -0.2) is 0 Å². The number of furan rings is 1. The first kappa shape index (κ1) is 19.1. The SMILES string of the molecule is O=C(O)CN1C(=O)/C(=C/c2ccc(-c3cc([N+](=O)[O-])ccc3Cl)o2)SC1=S. The highest BCUT2D eigenvalue weighted by Gasteiger charge is 2.33. The van der Waals surface area contributed by atoms with Gasteiger partial charge in [-0.3, -0.25) is 24.6 Å². The van der Waals surface area contributed by atoms with Crippen LogP contribution in [0.3, 0.4) is 0 Å². The Kier molecular flexibility index (Phi) is 5.31. The number of carbonyl (C=O) groups is 2. The Morgan fingerprint density at radius 2 is 2.15 bits per heavy atom. The molecule has 0 atom stereocenters. The Morgan fingerprint density at radius 1 is 1.41 bits per heavy atom. The molecule has 1 amide bonds. The van der Waals surface area contributed by atoms with Crippen molar-refractivity contribution in [3.05, 3.63) is 56.1 Å². The van der Waals surface area contributed by atoms with Crippen LogP contribution in [-0.2, 0) is 9.59 Å². The number of carbonyl (C=O) groups excluding carboxylic acids is 1. The smallest absolute Gasteiger partial charge is 0.323 e. The molecule has 0 aliphatic carbocycles. The van der Waals surface area contributed by atoms with Gasteiger partial charge in [-0.2, -0.15) is 0 Å². The molecule has 1 aromatic heterocycles. The standard InChI is InChI=1S/C16H9ClN2O6S2/c17-11-3-1-8(19(23)24)5-10(11)12-4-2-9(25-12)6-13-15(22)18(7-14(20)21)16(26)27-13/h1-6H,7H2,(H,20,21)/b13-6-. The molecule has 2 heterocycles. The predicted octanol–water partition coefficient (Wildman–Crippen LogP) is 3.79. The predicted molar refractivity (Wildman–Crippen MR) is 103 cm³/mol. The fourth-order valence-electron chi connectivity index (χ4n) is 2.29. The largest absolute Gasteiger partial charge is 0.480 e. The minimum Gasteiger partial charge on any atom is -0.480 e. The van der Waals surface area contributed by atoms with Crippen molar-refractivity contribution >= 4 is 63.5 Å². The first-order chi connectivity index (χ1) is 12.8. The fourth-order valence-corrected chi connectivity index (χ4v) is 3.74. The summed E-state index contributed by atoms with van der Waals surface area (Å²) >= 11 is 12.1. The molecular formula is C16H9ClN2O6S2. The first-order valence-electron chi connectivity index (χ1n) is 7.27. The van der Waals surface area contributed by atoms with E-state index < -0.39 is 23.3 Å². The molecule has 11 heteroatoms. The van der Waals surface area contributed by atoms with Gasteiger partial charge in [-0.15, -0.1) is 0 Å². The van der Waals surface area contributed by atoms with E-state index in [-0.39, 0.29) is 25.7 Å². The lowest BCUT2D eigenvalue weighted by atomic mass is 10.1. The summed E-state index contributed by atoms with van der Waals surface area (Å²) in [6, 6.07) is 7.10. The normalized spacial score (nSPS) is 15.6. The zero-order valence-corrected chi connectivity index (χ0v) is 15.6. The number of carboxylic acids is 1. The summed E-state index contributed by atoms with van der Waals surface area (Å²) in [5.41, 5.74) is 0.200. The maximum Gasteiger partial charge on any atom is 0.323 e. The third-order valence-corrected chi connectivity index (χ3v) is 5.20. The van der Waals surface area contributed by atoms with E-state index in [1.54, 1.807) is 12.1 Å². The van der Waals surface area contributed by atoms with Gasteiger partial charge in [0.2, 0.25) is 0 Å². The molecule has 0 radical (unpaired) electrons. The summed E-state index contributed by atoms with van der Waals surface area (Å²) in [4.78, 5) is 34.7. The number of halogens is 1. The van der Waals surface area contributed by atoms with Crippen molar-refractivity contribution < 1.29 is 24.0 Å². The quantitative estimate of drug-likeness (QED) is 0.333. The number of carboxylic acid groups (broad SMARTS) is 1. The summed E-state index contributed by atoms with van der Waals surface area (Å²) in [5, 5.41) is 20.0. The van der Waals surface area contributed by atoms with Crippen molar-refractivity contribution in [2.45, 2.75) is 0 Å². The van der Waals surface area contributed by atoms with Crippen LogP contribution in [0.15, 0.2) is 39.7 Å². The van der Waals surface area contributed by atoms with Gasteiger partial charge in [0.1, 0.15) is 22.4 Å². The van der Waals surface area contributed by atoms with E-state index in [0.717, 1.165) is 16.7 Å². The number of hydrogen-bond donors (Lipinski definition) is 1. The van der Waals surface area contributed by atoms with Crippen LogP contribution in [0, 0.1) is 10.1 Å². The Hall–Kier alpha value is -2.69. The molecule has 0 saturated carbocycles. The summed E-state index contributed by atoms with van der Waals surface area (Å²) in [6.45, 7) is -0.519. The van der Waals surface area contributed by atoms with Crippen molar-refractivity contribution in [2.24, 2.45) is 0 Å². The third kappa shape index (κ3) is 4.02. The summed E-state index contributed by atoms with van der Waals surface area (Å²) < 4.78 is 5.76. The third-order valence-electron chi connectivity index (χ3n) is 3.49. The number of nitrogens with zero attached hydrogens (tertiary/aromatic N) is 2. The zero-order valence-electron chi connectivity index (χ0n) is 13.2. The number of nitro groups is 1. The second kappa shape index (κ2) is 7.51. The molecule has 3 rings (SSSR count). The molecule has 8 nitrogen and oxygen atoms in total. The van der Waals surface area contributed by atoms with E-state index in [4.69, 9.17) is 33.3 Å². The van der Waals surface area contributed by atoms with Crippen LogP contribution in [-0.4, -0.2) is 37.7 Å². The van der Waals surface area contributed by atoms with Gasteiger partial charge in [0, 0.05) is 23.8 Å². The fraction of sp³-hybridized carbons (Fsp3) is 0.0625. The number of rotatable bonds is 5. The second-order valence-electron chi connectivity index (χ2n) is 5.28. The van der Waals surface area contributed by atoms with Crippen LogP contribution in [0.1, 0.15) is 5.76 Å². The second-order valence-corrected chi connectivity index (χ2v) is 7.37. The molecule has 2 aromatic rings. The van der Waals surface area contributed by atoms with Gasteiger partial charge in [0.25, 0.3) is 11.6 Å². The summed E-state index contributed by atoms with van der Waals surface area (Å²) in [7, 11) is 0. The number of hydrogen-bond acceptors (Lipinski definition) is 7. The van der Waals surface area contributed by atoms with Gasteiger partial charge >= 0.3 is 5.97 Å². The highest BCUT2D eigenvalue weighted by atomic mass is 35.5. The van der Waals surface area contributed by atoms with Crippen LogP contribution in [0.4, 0.5) is 5.69 Å². The molecule has 1 fully saturated rings. The number of benzene rings is 1. The van der Waals surface area contributed by atoms with Gasteiger partial charge in [0.15, 0.2) is 0 Å². The first-order valence-corrected chi connectivity index (χ1v) is 8.88. The molecule has 27 heavy (non-hydrogen) atoms. The number of thiocarbonyl (C=S) groups is 1. The minimum atomic E-state index is -1.17. The maximum atomic E-state index is 12.3. The van der Waals surface area contributed by atoms with Crippen molar-refractivity contribution in [1.29, 1.82) is 0 Å².